The first-order valence-corrected chi connectivity index (χ1v) is 7.08. The van der Waals surface area contributed by atoms with Crippen LogP contribution in [0.5, 0.6) is 0 Å². The van der Waals surface area contributed by atoms with E-state index in [9.17, 15) is 20.1 Å². The van der Waals surface area contributed by atoms with Crippen LogP contribution in [0.25, 0.3) is 0 Å². The number of benzene rings is 1. The van der Waals surface area contributed by atoms with Crippen molar-refractivity contribution in [1.82, 2.24) is 5.32 Å². The lowest BCUT2D eigenvalue weighted by Crippen LogP contribution is -2.64. The molecule has 0 spiro atoms. The fourth-order valence-corrected chi connectivity index (χ4v) is 2.37. The van der Waals surface area contributed by atoms with Crippen molar-refractivity contribution in [3.05, 3.63) is 35.9 Å². The largest absolute Gasteiger partial charge is 0.394 e. The van der Waals surface area contributed by atoms with E-state index in [2.05, 4.69) is 5.32 Å². The Labute approximate surface area is 128 Å². The number of hydrogen-bond acceptors (Lipinski definition) is 6. The maximum atomic E-state index is 11.3. The van der Waals surface area contributed by atoms with Gasteiger partial charge in [0.05, 0.1) is 13.2 Å². The summed E-state index contributed by atoms with van der Waals surface area (Å²) in [6.07, 6.45) is -4.55. The molecule has 1 fully saturated rings. The first-order chi connectivity index (χ1) is 10.5. The number of carbonyl (C=O) groups is 1. The second-order valence-corrected chi connectivity index (χ2v) is 5.23. The summed E-state index contributed by atoms with van der Waals surface area (Å²) in [5.41, 5.74) is 0.897. The number of nitrogens with one attached hydrogen (secondary N) is 1. The van der Waals surface area contributed by atoms with Crippen LogP contribution in [0.4, 0.5) is 0 Å². The highest BCUT2D eigenvalue weighted by atomic mass is 16.7. The van der Waals surface area contributed by atoms with Crippen LogP contribution < -0.4 is 5.32 Å². The van der Waals surface area contributed by atoms with Gasteiger partial charge >= 0.3 is 0 Å². The summed E-state index contributed by atoms with van der Waals surface area (Å²) in [7, 11) is 0. The summed E-state index contributed by atoms with van der Waals surface area (Å²) in [5.74, 6) is -0.379. The minimum absolute atomic E-state index is 0.211. The van der Waals surface area contributed by atoms with Gasteiger partial charge < -0.3 is 30.1 Å². The highest BCUT2D eigenvalue weighted by Gasteiger charge is 2.45. The van der Waals surface area contributed by atoms with Crippen molar-refractivity contribution in [3.63, 3.8) is 0 Å². The lowest BCUT2D eigenvalue weighted by molar-refractivity contribution is -0.273. The van der Waals surface area contributed by atoms with Crippen molar-refractivity contribution in [3.8, 4) is 0 Å². The van der Waals surface area contributed by atoms with Gasteiger partial charge in [0.25, 0.3) is 0 Å². The Morgan fingerprint density at radius 3 is 2.55 bits per heavy atom. The first kappa shape index (κ1) is 16.9. The van der Waals surface area contributed by atoms with Gasteiger partial charge in [0.1, 0.15) is 24.4 Å². The number of hydrogen-bond donors (Lipinski definition) is 4. The molecular weight excluding hydrogens is 290 g/mol. The molecule has 1 saturated heterocycles. The van der Waals surface area contributed by atoms with Crippen molar-refractivity contribution in [2.75, 3.05) is 6.61 Å². The van der Waals surface area contributed by atoms with Crippen molar-refractivity contribution >= 4 is 5.91 Å². The topological polar surface area (TPSA) is 108 Å². The Hall–Kier alpha value is -1.51. The van der Waals surface area contributed by atoms with Crippen LogP contribution in [0.1, 0.15) is 12.5 Å². The molecule has 0 saturated carbocycles. The molecule has 1 aliphatic rings. The van der Waals surface area contributed by atoms with Gasteiger partial charge in [-0.25, -0.2) is 0 Å². The van der Waals surface area contributed by atoms with Gasteiger partial charge in [-0.3, -0.25) is 4.79 Å². The summed E-state index contributed by atoms with van der Waals surface area (Å²) < 4.78 is 11.1. The quantitative estimate of drug-likeness (QED) is 0.564. The molecule has 0 radical (unpaired) electrons. The molecule has 4 N–H and O–H groups in total. The van der Waals surface area contributed by atoms with E-state index in [1.54, 1.807) is 0 Å². The Bertz CT molecular complexity index is 482. The van der Waals surface area contributed by atoms with Crippen LogP contribution in [0.3, 0.4) is 0 Å². The number of carbonyl (C=O) groups excluding carboxylic acids is 1. The zero-order valence-corrected chi connectivity index (χ0v) is 12.3. The summed E-state index contributed by atoms with van der Waals surface area (Å²) in [4.78, 5) is 11.3. The smallest absolute Gasteiger partial charge is 0.217 e. The molecule has 0 aliphatic carbocycles. The molecule has 5 atom stereocenters. The number of ether oxygens (including phenoxy) is 2. The molecule has 1 aromatic carbocycles. The van der Waals surface area contributed by atoms with Crippen molar-refractivity contribution in [2.24, 2.45) is 0 Å². The lowest BCUT2D eigenvalue weighted by Gasteiger charge is -2.42. The molecule has 122 valence electrons. The summed E-state index contributed by atoms with van der Waals surface area (Å²) in [6.45, 7) is 1.05. The van der Waals surface area contributed by atoms with Gasteiger partial charge in [0.2, 0.25) is 5.91 Å². The van der Waals surface area contributed by atoms with E-state index in [0.717, 1.165) is 5.56 Å². The van der Waals surface area contributed by atoms with Gasteiger partial charge in [0, 0.05) is 6.92 Å². The Morgan fingerprint density at radius 2 is 1.95 bits per heavy atom. The molecule has 1 aromatic rings. The molecule has 2 unspecified atom stereocenters. The summed E-state index contributed by atoms with van der Waals surface area (Å²) in [5, 5.41) is 31.7. The Morgan fingerprint density at radius 1 is 1.27 bits per heavy atom. The minimum Gasteiger partial charge on any atom is -0.394 e. The van der Waals surface area contributed by atoms with Crippen molar-refractivity contribution < 1.29 is 29.6 Å². The van der Waals surface area contributed by atoms with Crippen LogP contribution >= 0.6 is 0 Å². The minimum atomic E-state index is -1.31. The van der Waals surface area contributed by atoms with Gasteiger partial charge in [0.15, 0.2) is 6.29 Å². The Balaban J connectivity index is 2.07. The fourth-order valence-electron chi connectivity index (χ4n) is 2.37. The highest BCUT2D eigenvalue weighted by Crippen LogP contribution is 2.23. The van der Waals surface area contributed by atoms with Crippen LogP contribution in [0.15, 0.2) is 30.3 Å². The third-order valence-corrected chi connectivity index (χ3v) is 3.51. The SMILES string of the molecule is CC(=O)N[C@H]1C(O)[C@@H](O)C(CO)O[C@H]1OCc1ccccc1. The molecule has 1 aliphatic heterocycles. The van der Waals surface area contributed by atoms with Crippen LogP contribution in [0.2, 0.25) is 0 Å². The van der Waals surface area contributed by atoms with Gasteiger partial charge in [-0.15, -0.1) is 0 Å². The van der Waals surface area contributed by atoms with Gasteiger partial charge in [-0.05, 0) is 5.56 Å². The predicted octanol–water partition coefficient (Wildman–Crippen LogP) is -0.853. The summed E-state index contributed by atoms with van der Waals surface area (Å²) in [6, 6.07) is 8.42. The number of rotatable bonds is 5. The second-order valence-electron chi connectivity index (χ2n) is 5.23. The van der Waals surface area contributed by atoms with E-state index >= 15 is 0 Å². The lowest BCUT2D eigenvalue weighted by atomic mass is 9.97. The molecular formula is C15H21NO6. The zero-order chi connectivity index (χ0) is 16.1. The van der Waals surface area contributed by atoms with Gasteiger partial charge in [-0.2, -0.15) is 0 Å². The van der Waals surface area contributed by atoms with Crippen molar-refractivity contribution in [1.29, 1.82) is 0 Å². The maximum absolute atomic E-state index is 11.3. The zero-order valence-electron chi connectivity index (χ0n) is 12.3. The average Bonchev–Trinajstić information content (AvgIpc) is 2.52. The average molecular weight is 311 g/mol. The van der Waals surface area contributed by atoms with E-state index in [0.29, 0.717) is 0 Å². The number of aliphatic hydroxyl groups is 3. The number of amides is 1. The van der Waals surface area contributed by atoms with Crippen LogP contribution in [-0.4, -0.2) is 58.5 Å². The van der Waals surface area contributed by atoms with E-state index in [-0.39, 0.29) is 12.5 Å². The standard InChI is InChI=1S/C15H21NO6/c1-9(18)16-12-14(20)13(19)11(7-17)22-15(12)21-8-10-5-3-2-4-6-10/h2-6,11-15,17,19-20H,7-8H2,1H3,(H,16,18)/t11?,12-,13-,14?,15+/m0/s1. The molecule has 2 rings (SSSR count). The molecule has 7 nitrogen and oxygen atoms in total. The van der Waals surface area contributed by atoms with Crippen LogP contribution in [-0.2, 0) is 20.9 Å². The molecule has 1 amide bonds. The second kappa shape index (κ2) is 7.66. The third-order valence-electron chi connectivity index (χ3n) is 3.51. The monoisotopic (exact) mass is 311 g/mol. The number of aliphatic hydroxyl groups excluding tert-OH is 3. The predicted molar refractivity (Wildman–Crippen MR) is 76.6 cm³/mol. The molecule has 7 heteroatoms. The molecule has 1 heterocycles. The van der Waals surface area contributed by atoms with E-state index in [1.807, 2.05) is 30.3 Å². The normalized spacial score (nSPS) is 31.7. The van der Waals surface area contributed by atoms with Gasteiger partial charge in [-0.1, -0.05) is 30.3 Å². The molecule has 0 bridgehead atoms. The Kier molecular flexibility index (Phi) is 5.87. The first-order valence-electron chi connectivity index (χ1n) is 7.08. The van der Waals surface area contributed by atoms with Crippen LogP contribution in [0, 0.1) is 0 Å². The van der Waals surface area contributed by atoms with E-state index in [4.69, 9.17) is 9.47 Å². The van der Waals surface area contributed by atoms with E-state index in [1.165, 1.54) is 6.92 Å². The molecule has 22 heavy (non-hydrogen) atoms. The van der Waals surface area contributed by atoms with Crippen molar-refractivity contribution in [2.45, 2.75) is 44.2 Å². The van der Waals surface area contributed by atoms with E-state index < -0.39 is 37.3 Å². The third kappa shape index (κ3) is 4.02. The summed E-state index contributed by atoms with van der Waals surface area (Å²) >= 11 is 0. The highest BCUT2D eigenvalue weighted by molar-refractivity contribution is 5.73. The molecule has 0 aromatic heterocycles. The maximum Gasteiger partial charge on any atom is 0.217 e. The fraction of sp³-hybridized carbons (Fsp3) is 0.533.